The van der Waals surface area contributed by atoms with Crippen molar-refractivity contribution in [3.63, 3.8) is 0 Å². The van der Waals surface area contributed by atoms with Crippen LogP contribution in [0, 0.1) is 0 Å². The minimum absolute atomic E-state index is 0.445. The van der Waals surface area contributed by atoms with Gasteiger partial charge in [-0.3, -0.25) is 9.59 Å². The van der Waals surface area contributed by atoms with E-state index in [2.05, 4.69) is 5.32 Å². The summed E-state index contributed by atoms with van der Waals surface area (Å²) in [5.74, 6) is -1.16. The SMILES string of the molecule is CO[C@H](C(=O)N[C@](C)(C(N)=O)c1cccc(Cl)c1)c1ccccc1. The molecule has 6 heteroatoms. The van der Waals surface area contributed by atoms with Gasteiger partial charge in [-0.25, -0.2) is 0 Å². The van der Waals surface area contributed by atoms with E-state index in [1.165, 1.54) is 14.0 Å². The van der Waals surface area contributed by atoms with Crippen molar-refractivity contribution >= 4 is 23.4 Å². The first-order valence-electron chi connectivity index (χ1n) is 7.34. The molecule has 0 aromatic heterocycles. The van der Waals surface area contributed by atoms with Gasteiger partial charge in [0.1, 0.15) is 5.54 Å². The smallest absolute Gasteiger partial charge is 0.254 e. The molecule has 0 fully saturated rings. The van der Waals surface area contributed by atoms with E-state index in [1.54, 1.807) is 48.5 Å². The number of rotatable bonds is 6. The predicted octanol–water partition coefficient (Wildman–Crippen LogP) is 2.54. The van der Waals surface area contributed by atoms with Crippen LogP contribution in [0.5, 0.6) is 0 Å². The topological polar surface area (TPSA) is 81.4 Å². The summed E-state index contributed by atoms with van der Waals surface area (Å²) in [7, 11) is 1.43. The Labute approximate surface area is 145 Å². The number of benzene rings is 2. The Hall–Kier alpha value is -2.37. The van der Waals surface area contributed by atoms with Crippen molar-refractivity contribution < 1.29 is 14.3 Å². The fourth-order valence-corrected chi connectivity index (χ4v) is 2.60. The summed E-state index contributed by atoms with van der Waals surface area (Å²) in [5, 5.41) is 3.13. The van der Waals surface area contributed by atoms with Crippen molar-refractivity contribution in [2.45, 2.75) is 18.6 Å². The second kappa shape index (κ2) is 7.47. The molecule has 0 spiro atoms. The Morgan fingerprint density at radius 1 is 1.17 bits per heavy atom. The molecule has 0 aliphatic heterocycles. The van der Waals surface area contributed by atoms with Crippen LogP contribution < -0.4 is 11.1 Å². The van der Waals surface area contributed by atoms with Crippen molar-refractivity contribution in [1.29, 1.82) is 0 Å². The second-order valence-corrected chi connectivity index (χ2v) is 5.95. The number of carbonyl (C=O) groups excluding carboxylic acids is 2. The number of carbonyl (C=O) groups is 2. The van der Waals surface area contributed by atoms with E-state index in [-0.39, 0.29) is 0 Å². The van der Waals surface area contributed by atoms with E-state index in [0.29, 0.717) is 16.1 Å². The Bertz CT molecular complexity index is 736. The third-order valence-corrected chi connectivity index (χ3v) is 4.08. The van der Waals surface area contributed by atoms with Crippen LogP contribution in [0.15, 0.2) is 54.6 Å². The van der Waals surface area contributed by atoms with Crippen LogP contribution in [-0.4, -0.2) is 18.9 Å². The zero-order valence-electron chi connectivity index (χ0n) is 13.5. The Morgan fingerprint density at radius 3 is 2.38 bits per heavy atom. The number of primary amides is 1. The highest BCUT2D eigenvalue weighted by Gasteiger charge is 2.37. The average molecular weight is 347 g/mol. The fourth-order valence-electron chi connectivity index (χ4n) is 2.41. The van der Waals surface area contributed by atoms with Crippen molar-refractivity contribution in [3.05, 3.63) is 70.7 Å². The summed E-state index contributed by atoms with van der Waals surface area (Å²) in [6.45, 7) is 1.54. The molecule has 3 N–H and O–H groups in total. The van der Waals surface area contributed by atoms with Gasteiger partial charge in [-0.05, 0) is 30.2 Å². The first-order chi connectivity index (χ1) is 11.4. The number of hydrogen-bond donors (Lipinski definition) is 2. The summed E-state index contributed by atoms with van der Waals surface area (Å²) in [6.07, 6.45) is -0.857. The lowest BCUT2D eigenvalue weighted by Gasteiger charge is -2.30. The van der Waals surface area contributed by atoms with Gasteiger partial charge in [-0.15, -0.1) is 0 Å². The van der Waals surface area contributed by atoms with Gasteiger partial charge in [0.15, 0.2) is 6.10 Å². The summed E-state index contributed by atoms with van der Waals surface area (Å²) in [5.41, 5.74) is 5.31. The van der Waals surface area contributed by atoms with Gasteiger partial charge in [-0.1, -0.05) is 54.1 Å². The maximum absolute atomic E-state index is 12.7. The highest BCUT2D eigenvalue weighted by Crippen LogP contribution is 2.25. The highest BCUT2D eigenvalue weighted by molar-refractivity contribution is 6.30. The average Bonchev–Trinajstić information content (AvgIpc) is 2.56. The first-order valence-corrected chi connectivity index (χ1v) is 7.72. The van der Waals surface area contributed by atoms with Gasteiger partial charge in [0, 0.05) is 12.1 Å². The molecule has 0 aliphatic carbocycles. The third kappa shape index (κ3) is 3.75. The van der Waals surface area contributed by atoms with Crippen molar-refractivity contribution in [2.75, 3.05) is 7.11 Å². The molecule has 126 valence electrons. The van der Waals surface area contributed by atoms with Crippen LogP contribution in [0.1, 0.15) is 24.2 Å². The summed E-state index contributed by atoms with van der Waals surface area (Å²) in [4.78, 5) is 24.7. The minimum Gasteiger partial charge on any atom is -0.367 e. The molecule has 0 aliphatic rings. The molecular weight excluding hydrogens is 328 g/mol. The number of halogens is 1. The monoisotopic (exact) mass is 346 g/mol. The Kier molecular flexibility index (Phi) is 5.59. The maximum atomic E-state index is 12.7. The van der Waals surface area contributed by atoms with Crippen LogP contribution >= 0.6 is 11.6 Å². The van der Waals surface area contributed by atoms with E-state index < -0.39 is 23.5 Å². The molecule has 0 bridgehead atoms. The van der Waals surface area contributed by atoms with E-state index in [1.807, 2.05) is 6.07 Å². The molecule has 24 heavy (non-hydrogen) atoms. The van der Waals surface area contributed by atoms with Gasteiger partial charge in [0.25, 0.3) is 5.91 Å². The van der Waals surface area contributed by atoms with E-state index in [0.717, 1.165) is 0 Å². The van der Waals surface area contributed by atoms with Crippen LogP contribution in [0.3, 0.4) is 0 Å². The van der Waals surface area contributed by atoms with E-state index in [4.69, 9.17) is 22.1 Å². The molecule has 2 aromatic rings. The molecule has 0 saturated heterocycles. The standard InChI is InChI=1S/C18H19ClN2O3/c1-18(17(20)23,13-9-6-10-14(19)11-13)21-16(22)15(24-2)12-7-4-3-5-8-12/h3-11,15H,1-2H3,(H2,20,23)(H,21,22)/t15-,18-/m0/s1. The summed E-state index contributed by atoms with van der Waals surface area (Å²) < 4.78 is 5.29. The molecule has 0 radical (unpaired) electrons. The van der Waals surface area contributed by atoms with Gasteiger partial charge in [-0.2, -0.15) is 0 Å². The quantitative estimate of drug-likeness (QED) is 0.843. The summed E-state index contributed by atoms with van der Waals surface area (Å²) in [6, 6.07) is 15.6. The number of amides is 2. The van der Waals surface area contributed by atoms with Gasteiger partial charge >= 0.3 is 0 Å². The van der Waals surface area contributed by atoms with Crippen molar-refractivity contribution in [1.82, 2.24) is 5.32 Å². The molecule has 0 saturated carbocycles. The molecule has 2 atom stereocenters. The van der Waals surface area contributed by atoms with Crippen LogP contribution in [-0.2, 0) is 19.9 Å². The molecule has 0 unspecified atom stereocenters. The predicted molar refractivity (Wildman–Crippen MR) is 92.3 cm³/mol. The summed E-state index contributed by atoms with van der Waals surface area (Å²) >= 11 is 5.99. The number of nitrogens with one attached hydrogen (secondary N) is 1. The fraction of sp³-hybridized carbons (Fsp3) is 0.222. The third-order valence-electron chi connectivity index (χ3n) is 3.84. The van der Waals surface area contributed by atoms with Crippen LogP contribution in [0.4, 0.5) is 0 Å². The lowest BCUT2D eigenvalue weighted by Crippen LogP contribution is -2.54. The normalized spacial score (nSPS) is 14.5. The first kappa shape index (κ1) is 18.0. The van der Waals surface area contributed by atoms with Crippen LogP contribution in [0.2, 0.25) is 5.02 Å². The maximum Gasteiger partial charge on any atom is 0.254 e. The highest BCUT2D eigenvalue weighted by atomic mass is 35.5. The molecule has 5 nitrogen and oxygen atoms in total. The van der Waals surface area contributed by atoms with Crippen molar-refractivity contribution in [2.24, 2.45) is 5.73 Å². The van der Waals surface area contributed by atoms with E-state index in [9.17, 15) is 9.59 Å². The zero-order chi connectivity index (χ0) is 17.7. The van der Waals surface area contributed by atoms with Gasteiger partial charge in [0.05, 0.1) is 0 Å². The lowest BCUT2D eigenvalue weighted by atomic mass is 9.90. The van der Waals surface area contributed by atoms with Gasteiger partial charge < -0.3 is 15.8 Å². The Morgan fingerprint density at radius 2 is 1.83 bits per heavy atom. The van der Waals surface area contributed by atoms with Crippen LogP contribution in [0.25, 0.3) is 0 Å². The van der Waals surface area contributed by atoms with Crippen molar-refractivity contribution in [3.8, 4) is 0 Å². The lowest BCUT2D eigenvalue weighted by molar-refractivity contribution is -0.138. The zero-order valence-corrected chi connectivity index (χ0v) is 14.2. The number of nitrogens with two attached hydrogens (primary N) is 1. The minimum atomic E-state index is -1.41. The molecule has 2 amide bonds. The van der Waals surface area contributed by atoms with Gasteiger partial charge in [0.2, 0.25) is 5.91 Å². The number of ether oxygens (including phenoxy) is 1. The molecule has 2 aromatic carbocycles. The number of hydrogen-bond acceptors (Lipinski definition) is 3. The number of methoxy groups -OCH3 is 1. The largest absolute Gasteiger partial charge is 0.367 e. The molecule has 0 heterocycles. The van der Waals surface area contributed by atoms with E-state index >= 15 is 0 Å². The molecular formula is C18H19ClN2O3. The molecule has 2 rings (SSSR count). The Balaban J connectivity index is 2.33. The second-order valence-electron chi connectivity index (χ2n) is 5.52.